The monoisotopic (exact) mass is 420 g/mol. The lowest BCUT2D eigenvalue weighted by atomic mass is 9.64. The molecule has 4 atom stereocenters. The van der Waals surface area contributed by atoms with E-state index < -0.39 is 12.8 Å². The first-order valence-corrected chi connectivity index (χ1v) is 10.9. The van der Waals surface area contributed by atoms with E-state index in [1.165, 1.54) is 37.8 Å². The van der Waals surface area contributed by atoms with Crippen molar-refractivity contribution in [2.24, 2.45) is 17.8 Å². The number of ether oxygens (including phenoxy) is 1. The number of rotatable bonds is 4. The number of alkyl halides is 3. The summed E-state index contributed by atoms with van der Waals surface area (Å²) < 4.78 is 56.4. The highest BCUT2D eigenvalue weighted by atomic mass is 19.4. The Morgan fingerprint density at radius 2 is 1.60 bits per heavy atom. The molecule has 0 spiro atoms. The van der Waals surface area contributed by atoms with Crippen molar-refractivity contribution in [3.8, 4) is 16.9 Å². The lowest BCUT2D eigenvalue weighted by Crippen LogP contribution is -2.29. The highest BCUT2D eigenvalue weighted by Gasteiger charge is 2.35. The molecule has 1 nitrogen and oxygen atoms in total. The van der Waals surface area contributed by atoms with Gasteiger partial charge < -0.3 is 4.74 Å². The van der Waals surface area contributed by atoms with E-state index in [1.807, 2.05) is 6.07 Å². The molecule has 0 heterocycles. The van der Waals surface area contributed by atoms with Gasteiger partial charge in [-0.2, -0.15) is 13.2 Å². The van der Waals surface area contributed by atoms with E-state index in [0.29, 0.717) is 17.0 Å². The van der Waals surface area contributed by atoms with Crippen LogP contribution in [0.4, 0.5) is 17.6 Å². The lowest BCUT2D eigenvalue weighted by molar-refractivity contribution is -0.153. The Morgan fingerprint density at radius 3 is 2.30 bits per heavy atom. The van der Waals surface area contributed by atoms with Gasteiger partial charge in [-0.25, -0.2) is 4.39 Å². The molecule has 30 heavy (non-hydrogen) atoms. The molecule has 0 bridgehead atoms. The largest absolute Gasteiger partial charge is 0.484 e. The Labute approximate surface area is 175 Å². The molecule has 2 aliphatic carbocycles. The molecule has 4 rings (SSSR count). The molecule has 2 fully saturated rings. The molecular weight excluding hydrogens is 392 g/mol. The number of halogens is 4. The standard InChI is InChI=1S/C25H28F4O/c1-16-2-3-19-13-20(5-4-18(19)12-16)21-8-11-23(24(26)14-21)17-6-9-22(10-7-17)30-15-25(27,28)29/h6-11,14,16,18-20H,2-5,12-13,15H2,1H3. The van der Waals surface area contributed by atoms with Crippen LogP contribution in [0.5, 0.6) is 5.75 Å². The predicted octanol–water partition coefficient (Wildman–Crippen LogP) is 7.75. The Bertz CT molecular complexity index is 858. The van der Waals surface area contributed by atoms with Gasteiger partial charge in [0, 0.05) is 5.56 Å². The topological polar surface area (TPSA) is 9.23 Å². The molecule has 2 aromatic rings. The summed E-state index contributed by atoms with van der Waals surface area (Å²) >= 11 is 0. The van der Waals surface area contributed by atoms with Crippen molar-refractivity contribution < 1.29 is 22.3 Å². The normalized spacial score (nSPS) is 26.8. The zero-order valence-electron chi connectivity index (χ0n) is 17.2. The fourth-order valence-electron chi connectivity index (χ4n) is 5.34. The molecule has 2 saturated carbocycles. The summed E-state index contributed by atoms with van der Waals surface area (Å²) in [6.07, 6.45) is 3.08. The summed E-state index contributed by atoms with van der Waals surface area (Å²) in [4.78, 5) is 0. The smallest absolute Gasteiger partial charge is 0.422 e. The van der Waals surface area contributed by atoms with Crippen molar-refractivity contribution in [3.05, 3.63) is 53.8 Å². The summed E-state index contributed by atoms with van der Waals surface area (Å²) in [5.74, 6) is 2.70. The molecule has 0 amide bonds. The molecule has 162 valence electrons. The van der Waals surface area contributed by atoms with E-state index in [2.05, 4.69) is 6.92 Å². The average molecular weight is 420 g/mol. The van der Waals surface area contributed by atoms with Crippen LogP contribution in [-0.2, 0) is 0 Å². The molecule has 4 unspecified atom stereocenters. The van der Waals surface area contributed by atoms with Crippen LogP contribution in [0, 0.1) is 23.6 Å². The van der Waals surface area contributed by atoms with E-state index in [4.69, 9.17) is 4.74 Å². The molecule has 2 aliphatic rings. The average Bonchev–Trinajstić information content (AvgIpc) is 2.72. The van der Waals surface area contributed by atoms with Gasteiger partial charge in [0.25, 0.3) is 0 Å². The summed E-state index contributed by atoms with van der Waals surface area (Å²) in [6, 6.07) is 11.5. The van der Waals surface area contributed by atoms with Crippen LogP contribution in [0.1, 0.15) is 56.9 Å². The number of hydrogen-bond donors (Lipinski definition) is 0. The third kappa shape index (κ3) is 4.98. The van der Waals surface area contributed by atoms with E-state index >= 15 is 0 Å². The minimum atomic E-state index is -4.38. The van der Waals surface area contributed by atoms with Crippen LogP contribution < -0.4 is 4.74 Å². The second-order valence-corrected chi connectivity index (χ2v) is 9.12. The first kappa shape index (κ1) is 21.2. The van der Waals surface area contributed by atoms with Crippen molar-refractivity contribution in [2.75, 3.05) is 6.61 Å². The number of hydrogen-bond acceptors (Lipinski definition) is 1. The molecule has 5 heteroatoms. The Hall–Kier alpha value is -2.04. The SMILES string of the molecule is CC1CCC2CC(c3ccc(-c4ccc(OCC(F)(F)F)cc4)c(F)c3)CCC2C1. The highest BCUT2D eigenvalue weighted by molar-refractivity contribution is 5.65. The van der Waals surface area contributed by atoms with Gasteiger partial charge in [-0.05, 0) is 85.1 Å². The van der Waals surface area contributed by atoms with Crippen LogP contribution in [0.15, 0.2) is 42.5 Å². The van der Waals surface area contributed by atoms with Crippen LogP contribution >= 0.6 is 0 Å². The van der Waals surface area contributed by atoms with Crippen LogP contribution in [0.2, 0.25) is 0 Å². The molecular formula is C25H28F4O. The van der Waals surface area contributed by atoms with Crippen LogP contribution in [-0.4, -0.2) is 12.8 Å². The Balaban J connectivity index is 1.43. The molecule has 0 saturated heterocycles. The number of fused-ring (bicyclic) bond motifs is 1. The van der Waals surface area contributed by atoms with Crippen molar-refractivity contribution >= 4 is 0 Å². The van der Waals surface area contributed by atoms with Crippen LogP contribution in [0.25, 0.3) is 11.1 Å². The van der Waals surface area contributed by atoms with Crippen LogP contribution in [0.3, 0.4) is 0 Å². The maximum absolute atomic E-state index is 14.9. The second-order valence-electron chi connectivity index (χ2n) is 9.12. The molecule has 0 radical (unpaired) electrons. The zero-order valence-corrected chi connectivity index (χ0v) is 17.2. The lowest BCUT2D eigenvalue weighted by Gasteiger charge is -2.41. The maximum Gasteiger partial charge on any atom is 0.422 e. The summed E-state index contributed by atoms with van der Waals surface area (Å²) in [6.45, 7) is 1.02. The minimum absolute atomic E-state index is 0.117. The molecule has 0 aromatic heterocycles. The van der Waals surface area contributed by atoms with Gasteiger partial charge in [-0.15, -0.1) is 0 Å². The van der Waals surface area contributed by atoms with Gasteiger partial charge in [-0.3, -0.25) is 0 Å². The summed E-state index contributed by atoms with van der Waals surface area (Å²) in [5.41, 5.74) is 2.16. The molecule has 2 aromatic carbocycles. The maximum atomic E-state index is 14.9. The van der Waals surface area contributed by atoms with Crippen molar-refractivity contribution in [2.45, 2.75) is 57.5 Å². The van der Waals surface area contributed by atoms with Crippen molar-refractivity contribution in [1.29, 1.82) is 0 Å². The summed E-state index contributed by atoms with van der Waals surface area (Å²) in [7, 11) is 0. The van der Waals surface area contributed by atoms with E-state index in [1.54, 1.807) is 24.3 Å². The van der Waals surface area contributed by atoms with Gasteiger partial charge >= 0.3 is 6.18 Å². The molecule has 0 N–H and O–H groups in total. The Morgan fingerprint density at radius 1 is 0.900 bits per heavy atom. The fraction of sp³-hybridized carbons (Fsp3) is 0.520. The minimum Gasteiger partial charge on any atom is -0.484 e. The fourth-order valence-corrected chi connectivity index (χ4v) is 5.34. The number of benzene rings is 2. The van der Waals surface area contributed by atoms with E-state index in [9.17, 15) is 17.6 Å². The van der Waals surface area contributed by atoms with Gasteiger partial charge in [0.1, 0.15) is 11.6 Å². The van der Waals surface area contributed by atoms with Gasteiger partial charge in [0.05, 0.1) is 0 Å². The first-order valence-electron chi connectivity index (χ1n) is 10.9. The second kappa shape index (κ2) is 8.60. The van der Waals surface area contributed by atoms with Gasteiger partial charge in [-0.1, -0.05) is 37.6 Å². The highest BCUT2D eigenvalue weighted by Crippen LogP contribution is 2.47. The van der Waals surface area contributed by atoms with E-state index in [0.717, 1.165) is 36.2 Å². The quantitative estimate of drug-likeness (QED) is 0.459. The van der Waals surface area contributed by atoms with Crippen molar-refractivity contribution in [1.82, 2.24) is 0 Å². The third-order valence-corrected chi connectivity index (χ3v) is 6.91. The summed E-state index contributed by atoms with van der Waals surface area (Å²) in [5, 5.41) is 0. The third-order valence-electron chi connectivity index (χ3n) is 6.91. The Kier molecular flexibility index (Phi) is 6.08. The first-order chi connectivity index (χ1) is 14.3. The van der Waals surface area contributed by atoms with Gasteiger partial charge in [0.15, 0.2) is 6.61 Å². The van der Waals surface area contributed by atoms with E-state index in [-0.39, 0.29) is 11.6 Å². The predicted molar refractivity (Wildman–Crippen MR) is 110 cm³/mol. The van der Waals surface area contributed by atoms with Crippen molar-refractivity contribution in [3.63, 3.8) is 0 Å². The van der Waals surface area contributed by atoms with Gasteiger partial charge in [0.2, 0.25) is 0 Å². The molecule has 0 aliphatic heterocycles. The zero-order chi connectivity index (χ0) is 21.3.